The molecule has 0 amide bonds. The minimum Gasteiger partial charge on any atom is -0.478 e. The number of H-pyrrole nitrogens is 1. The number of hydrogen-bond acceptors (Lipinski definition) is 1. The molecule has 0 atom stereocenters. The first kappa shape index (κ1) is 12.4. The molecule has 0 aliphatic rings. The number of fused-ring (bicyclic) bond motifs is 1. The van der Waals surface area contributed by atoms with Crippen molar-refractivity contribution in [1.82, 2.24) is 4.98 Å². The predicted molar refractivity (Wildman–Crippen MR) is 75.4 cm³/mol. The van der Waals surface area contributed by atoms with Gasteiger partial charge in [0.05, 0.1) is 6.42 Å². The Kier molecular flexibility index (Phi) is 3.21. The maximum absolute atomic E-state index is 11.1. The number of imidazole rings is 1. The fraction of sp³-hybridized carbons (Fsp3) is 0.125. The van der Waals surface area contributed by atoms with Crippen LogP contribution in [0, 0.1) is 0 Å². The number of para-hydroxylation sites is 2. The van der Waals surface area contributed by atoms with Gasteiger partial charge in [0, 0.05) is 0 Å². The average Bonchev–Trinajstić information content (AvgIpc) is 2.78. The van der Waals surface area contributed by atoms with E-state index in [0.29, 0.717) is 6.42 Å². The maximum Gasteiger partial charge on any atom is 0.346 e. The summed E-state index contributed by atoms with van der Waals surface area (Å²) in [6.45, 7) is -0.0355. The standard InChI is InChI=1S/C16H14N2O2/c19-16(20)11-18-14-9-5-4-8-13(14)17-15(18)10-12-6-2-1-3-7-12/h1-9H,10-11H2,(H,19,20)/p+1. The van der Waals surface area contributed by atoms with Crippen LogP contribution in [0.4, 0.5) is 0 Å². The summed E-state index contributed by atoms with van der Waals surface area (Å²) >= 11 is 0. The number of aromatic nitrogens is 2. The van der Waals surface area contributed by atoms with Crippen LogP contribution in [0.2, 0.25) is 0 Å². The van der Waals surface area contributed by atoms with E-state index in [1.165, 1.54) is 0 Å². The van der Waals surface area contributed by atoms with Gasteiger partial charge in [-0.2, -0.15) is 0 Å². The van der Waals surface area contributed by atoms with Gasteiger partial charge in [0.2, 0.25) is 0 Å². The van der Waals surface area contributed by atoms with Crippen molar-refractivity contribution < 1.29 is 14.5 Å². The molecular weight excluding hydrogens is 252 g/mol. The van der Waals surface area contributed by atoms with Gasteiger partial charge in [0.1, 0.15) is 0 Å². The lowest BCUT2D eigenvalue weighted by molar-refractivity contribution is -0.667. The summed E-state index contributed by atoms with van der Waals surface area (Å²) in [4.78, 5) is 14.4. The molecule has 0 aliphatic carbocycles. The van der Waals surface area contributed by atoms with Gasteiger partial charge in [-0.15, -0.1) is 0 Å². The fourth-order valence-electron chi connectivity index (χ4n) is 2.43. The molecule has 0 unspecified atom stereocenters. The molecule has 4 nitrogen and oxygen atoms in total. The smallest absolute Gasteiger partial charge is 0.346 e. The first-order valence-corrected chi connectivity index (χ1v) is 6.49. The van der Waals surface area contributed by atoms with Crippen molar-refractivity contribution in [3.05, 3.63) is 66.0 Å². The van der Waals surface area contributed by atoms with E-state index < -0.39 is 5.97 Å². The second kappa shape index (κ2) is 5.17. The minimum atomic E-state index is -0.839. The van der Waals surface area contributed by atoms with Crippen LogP contribution in [-0.2, 0) is 17.8 Å². The van der Waals surface area contributed by atoms with Crippen molar-refractivity contribution in [2.24, 2.45) is 0 Å². The van der Waals surface area contributed by atoms with E-state index in [2.05, 4.69) is 4.98 Å². The summed E-state index contributed by atoms with van der Waals surface area (Å²) in [5, 5.41) is 9.10. The van der Waals surface area contributed by atoms with Crippen molar-refractivity contribution in [1.29, 1.82) is 0 Å². The van der Waals surface area contributed by atoms with E-state index in [0.717, 1.165) is 22.4 Å². The van der Waals surface area contributed by atoms with Crippen LogP contribution in [0.15, 0.2) is 54.6 Å². The first-order valence-electron chi connectivity index (χ1n) is 6.49. The van der Waals surface area contributed by atoms with Gasteiger partial charge < -0.3 is 5.11 Å². The second-order valence-corrected chi connectivity index (χ2v) is 4.73. The molecule has 0 bridgehead atoms. The summed E-state index contributed by atoms with van der Waals surface area (Å²) in [5.74, 6) is 0.0638. The highest BCUT2D eigenvalue weighted by molar-refractivity contribution is 5.72. The summed E-state index contributed by atoms with van der Waals surface area (Å²) in [6, 6.07) is 17.8. The highest BCUT2D eigenvalue weighted by Gasteiger charge is 2.20. The molecule has 0 spiro atoms. The van der Waals surface area contributed by atoms with E-state index in [4.69, 9.17) is 5.11 Å². The maximum atomic E-state index is 11.1. The number of carbonyl (C=O) groups is 1. The number of aromatic amines is 1. The molecule has 0 radical (unpaired) electrons. The summed E-state index contributed by atoms with van der Waals surface area (Å²) < 4.78 is 1.82. The zero-order chi connectivity index (χ0) is 13.9. The lowest BCUT2D eigenvalue weighted by Gasteiger charge is -1.99. The molecule has 0 saturated carbocycles. The normalized spacial score (nSPS) is 10.8. The topological polar surface area (TPSA) is 57.0 Å². The van der Waals surface area contributed by atoms with Gasteiger partial charge >= 0.3 is 5.97 Å². The highest BCUT2D eigenvalue weighted by atomic mass is 16.4. The number of benzene rings is 2. The Morgan fingerprint density at radius 3 is 2.50 bits per heavy atom. The number of aliphatic carboxylic acids is 1. The Morgan fingerprint density at radius 2 is 1.75 bits per heavy atom. The van der Waals surface area contributed by atoms with Crippen molar-refractivity contribution in [2.45, 2.75) is 13.0 Å². The van der Waals surface area contributed by atoms with Crippen LogP contribution in [0.25, 0.3) is 11.0 Å². The molecule has 0 fully saturated rings. The van der Waals surface area contributed by atoms with Gasteiger partial charge in [-0.05, 0) is 17.7 Å². The number of carboxylic acid groups (broad SMARTS) is 1. The zero-order valence-electron chi connectivity index (χ0n) is 10.9. The number of carboxylic acids is 1. The Morgan fingerprint density at radius 1 is 1.05 bits per heavy atom. The van der Waals surface area contributed by atoms with Crippen molar-refractivity contribution in [2.75, 3.05) is 0 Å². The number of nitrogens with one attached hydrogen (secondary N) is 1. The third-order valence-electron chi connectivity index (χ3n) is 3.31. The fourth-order valence-corrected chi connectivity index (χ4v) is 2.43. The Labute approximate surface area is 116 Å². The van der Waals surface area contributed by atoms with Gasteiger partial charge in [-0.1, -0.05) is 42.5 Å². The lowest BCUT2D eigenvalue weighted by Crippen LogP contribution is -2.40. The molecule has 20 heavy (non-hydrogen) atoms. The summed E-state index contributed by atoms with van der Waals surface area (Å²) in [6.07, 6.45) is 0.683. The van der Waals surface area contributed by atoms with Crippen LogP contribution in [-0.4, -0.2) is 16.1 Å². The van der Waals surface area contributed by atoms with Gasteiger partial charge in [0.25, 0.3) is 5.82 Å². The molecular formula is C16H15N2O2+. The van der Waals surface area contributed by atoms with E-state index in [-0.39, 0.29) is 6.54 Å². The minimum absolute atomic E-state index is 0.0355. The highest BCUT2D eigenvalue weighted by Crippen LogP contribution is 2.12. The predicted octanol–water partition coefficient (Wildman–Crippen LogP) is 2.13. The number of nitrogens with zero attached hydrogens (tertiary/aromatic N) is 1. The van der Waals surface area contributed by atoms with Crippen LogP contribution < -0.4 is 4.57 Å². The lowest BCUT2D eigenvalue weighted by atomic mass is 10.1. The SMILES string of the molecule is O=C(O)C[n+]1c(Cc2ccccc2)[nH]c2ccccc21. The molecule has 2 N–H and O–H groups in total. The van der Waals surface area contributed by atoms with Crippen LogP contribution in [0.5, 0.6) is 0 Å². The first-order chi connectivity index (χ1) is 9.74. The molecule has 1 heterocycles. The number of rotatable bonds is 4. The Bertz CT molecular complexity index is 748. The third kappa shape index (κ3) is 2.40. The molecule has 2 aromatic carbocycles. The quantitative estimate of drug-likeness (QED) is 0.711. The monoisotopic (exact) mass is 267 g/mol. The van der Waals surface area contributed by atoms with Crippen molar-refractivity contribution in [3.63, 3.8) is 0 Å². The Balaban J connectivity index is 2.07. The molecule has 0 aliphatic heterocycles. The van der Waals surface area contributed by atoms with Crippen molar-refractivity contribution in [3.8, 4) is 0 Å². The van der Waals surface area contributed by atoms with Gasteiger partial charge in [-0.25, -0.2) is 14.3 Å². The largest absolute Gasteiger partial charge is 0.478 e. The summed E-state index contributed by atoms with van der Waals surface area (Å²) in [5.41, 5.74) is 3.03. The Hall–Kier alpha value is -2.62. The zero-order valence-corrected chi connectivity index (χ0v) is 10.9. The van der Waals surface area contributed by atoms with E-state index in [9.17, 15) is 4.79 Å². The van der Waals surface area contributed by atoms with Crippen LogP contribution in [0.3, 0.4) is 0 Å². The van der Waals surface area contributed by atoms with Crippen LogP contribution in [0.1, 0.15) is 11.4 Å². The molecule has 1 aromatic heterocycles. The van der Waals surface area contributed by atoms with E-state index >= 15 is 0 Å². The number of hydrogen-bond donors (Lipinski definition) is 2. The van der Waals surface area contributed by atoms with Crippen molar-refractivity contribution >= 4 is 17.0 Å². The molecule has 4 heteroatoms. The van der Waals surface area contributed by atoms with Crippen LogP contribution >= 0.6 is 0 Å². The molecule has 100 valence electrons. The average molecular weight is 267 g/mol. The third-order valence-corrected chi connectivity index (χ3v) is 3.31. The second-order valence-electron chi connectivity index (χ2n) is 4.73. The van der Waals surface area contributed by atoms with E-state index in [1.807, 2.05) is 59.2 Å². The molecule has 3 rings (SSSR count). The molecule has 0 saturated heterocycles. The van der Waals surface area contributed by atoms with Gasteiger partial charge in [-0.3, -0.25) is 0 Å². The van der Waals surface area contributed by atoms with E-state index in [1.54, 1.807) is 0 Å². The van der Waals surface area contributed by atoms with Gasteiger partial charge in [0.15, 0.2) is 17.6 Å². The summed E-state index contributed by atoms with van der Waals surface area (Å²) in [7, 11) is 0. The molecule has 3 aromatic rings.